The van der Waals surface area contributed by atoms with E-state index in [2.05, 4.69) is 52.6 Å². The SMILES string of the molecule is CC(C)(C)C(O)CCC(Br)CBr. The summed E-state index contributed by atoms with van der Waals surface area (Å²) in [5.74, 6) is 0. The Balaban J connectivity index is 3.64. The Bertz CT molecular complexity index is 120. The van der Waals surface area contributed by atoms with Gasteiger partial charge in [-0.1, -0.05) is 52.6 Å². The van der Waals surface area contributed by atoms with Gasteiger partial charge in [0.2, 0.25) is 0 Å². The summed E-state index contributed by atoms with van der Waals surface area (Å²) in [7, 11) is 0. The van der Waals surface area contributed by atoms with Crippen LogP contribution in [-0.2, 0) is 0 Å². The maximum atomic E-state index is 9.69. The molecule has 1 N–H and O–H groups in total. The Morgan fingerprint density at radius 3 is 2.08 bits per heavy atom. The first-order chi connectivity index (χ1) is 5.38. The summed E-state index contributed by atoms with van der Waals surface area (Å²) < 4.78 is 0. The van der Waals surface area contributed by atoms with Crippen LogP contribution in [0.25, 0.3) is 0 Å². The maximum absolute atomic E-state index is 9.69. The van der Waals surface area contributed by atoms with Crippen molar-refractivity contribution < 1.29 is 5.11 Å². The van der Waals surface area contributed by atoms with Gasteiger partial charge in [-0.25, -0.2) is 0 Å². The lowest BCUT2D eigenvalue weighted by Crippen LogP contribution is -2.26. The number of aliphatic hydroxyl groups excluding tert-OH is 1. The number of rotatable bonds is 4. The summed E-state index contributed by atoms with van der Waals surface area (Å²) in [5.41, 5.74) is 0.0129. The van der Waals surface area contributed by atoms with Crippen molar-refractivity contribution in [1.82, 2.24) is 0 Å². The lowest BCUT2D eigenvalue weighted by Gasteiger charge is -2.26. The average molecular weight is 302 g/mol. The summed E-state index contributed by atoms with van der Waals surface area (Å²) in [6, 6.07) is 0. The van der Waals surface area contributed by atoms with E-state index < -0.39 is 0 Å². The second kappa shape index (κ2) is 5.61. The first-order valence-corrected chi connectivity index (χ1v) is 6.29. The Morgan fingerprint density at radius 1 is 1.25 bits per heavy atom. The van der Waals surface area contributed by atoms with Gasteiger partial charge in [0.1, 0.15) is 0 Å². The van der Waals surface area contributed by atoms with Crippen molar-refractivity contribution in [3.63, 3.8) is 0 Å². The van der Waals surface area contributed by atoms with Crippen LogP contribution in [-0.4, -0.2) is 21.4 Å². The van der Waals surface area contributed by atoms with E-state index in [1.807, 2.05) is 0 Å². The fourth-order valence-electron chi connectivity index (χ4n) is 0.849. The standard InChI is InChI=1S/C9H18Br2O/c1-9(2,3)8(12)5-4-7(11)6-10/h7-8,12H,4-6H2,1-3H3. The molecule has 2 atom stereocenters. The van der Waals surface area contributed by atoms with E-state index in [0.29, 0.717) is 4.83 Å². The predicted octanol–water partition coefficient (Wildman–Crippen LogP) is 3.33. The first-order valence-electron chi connectivity index (χ1n) is 4.26. The quantitative estimate of drug-likeness (QED) is 0.790. The van der Waals surface area contributed by atoms with Crippen molar-refractivity contribution in [3.05, 3.63) is 0 Å². The molecule has 0 aliphatic carbocycles. The Morgan fingerprint density at radius 2 is 1.75 bits per heavy atom. The molecule has 0 saturated carbocycles. The van der Waals surface area contributed by atoms with Crippen LogP contribution in [0.1, 0.15) is 33.6 Å². The largest absolute Gasteiger partial charge is 0.393 e. The zero-order valence-corrected chi connectivity index (χ0v) is 11.2. The maximum Gasteiger partial charge on any atom is 0.0588 e. The van der Waals surface area contributed by atoms with Crippen molar-refractivity contribution in [3.8, 4) is 0 Å². The van der Waals surface area contributed by atoms with Gasteiger partial charge in [0.15, 0.2) is 0 Å². The van der Waals surface area contributed by atoms with Gasteiger partial charge in [0.25, 0.3) is 0 Å². The average Bonchev–Trinajstić information content (AvgIpc) is 1.97. The highest BCUT2D eigenvalue weighted by Gasteiger charge is 2.22. The minimum absolute atomic E-state index is 0.0129. The molecule has 12 heavy (non-hydrogen) atoms. The van der Waals surface area contributed by atoms with Crippen molar-refractivity contribution >= 4 is 31.9 Å². The third-order valence-corrected chi connectivity index (χ3v) is 4.35. The third kappa shape index (κ3) is 5.55. The molecule has 0 saturated heterocycles. The molecule has 3 heteroatoms. The van der Waals surface area contributed by atoms with Crippen LogP contribution in [0.2, 0.25) is 0 Å². The van der Waals surface area contributed by atoms with Crippen molar-refractivity contribution in [2.45, 2.75) is 44.5 Å². The summed E-state index contributed by atoms with van der Waals surface area (Å²) >= 11 is 6.90. The smallest absolute Gasteiger partial charge is 0.0588 e. The molecule has 0 spiro atoms. The normalized spacial score (nSPS) is 17.5. The van der Waals surface area contributed by atoms with Gasteiger partial charge < -0.3 is 5.11 Å². The number of alkyl halides is 2. The van der Waals surface area contributed by atoms with Gasteiger partial charge in [-0.3, -0.25) is 0 Å². The summed E-state index contributed by atoms with van der Waals surface area (Å²) in [4.78, 5) is 0.481. The van der Waals surface area contributed by atoms with Crippen molar-refractivity contribution in [1.29, 1.82) is 0 Å². The van der Waals surface area contributed by atoms with Crippen LogP contribution in [0.4, 0.5) is 0 Å². The van der Waals surface area contributed by atoms with Crippen LogP contribution in [0.5, 0.6) is 0 Å². The molecule has 0 aliphatic heterocycles. The van der Waals surface area contributed by atoms with E-state index in [9.17, 15) is 5.11 Å². The Hall–Kier alpha value is 0.920. The second-order valence-corrected chi connectivity index (χ2v) is 6.15. The molecule has 0 amide bonds. The molecule has 0 aromatic heterocycles. The fourth-order valence-corrected chi connectivity index (χ4v) is 1.44. The molecule has 0 rings (SSSR count). The van der Waals surface area contributed by atoms with Crippen molar-refractivity contribution in [2.75, 3.05) is 5.33 Å². The van der Waals surface area contributed by atoms with Gasteiger partial charge in [-0.05, 0) is 18.3 Å². The van der Waals surface area contributed by atoms with E-state index in [4.69, 9.17) is 0 Å². The topological polar surface area (TPSA) is 20.2 Å². The molecule has 0 aromatic rings. The predicted molar refractivity (Wildman–Crippen MR) is 61.2 cm³/mol. The van der Waals surface area contributed by atoms with E-state index in [0.717, 1.165) is 18.2 Å². The molecule has 1 nitrogen and oxygen atoms in total. The van der Waals surface area contributed by atoms with Crippen LogP contribution in [0, 0.1) is 5.41 Å². The first kappa shape index (κ1) is 12.9. The van der Waals surface area contributed by atoms with Crippen LogP contribution < -0.4 is 0 Å². The highest BCUT2D eigenvalue weighted by Crippen LogP contribution is 2.24. The van der Waals surface area contributed by atoms with Gasteiger partial charge in [-0.2, -0.15) is 0 Å². The summed E-state index contributed by atoms with van der Waals surface area (Å²) in [6.45, 7) is 6.19. The molecule has 2 unspecified atom stereocenters. The number of hydrogen-bond donors (Lipinski definition) is 1. The summed E-state index contributed by atoms with van der Waals surface area (Å²) in [6.07, 6.45) is 1.69. The summed E-state index contributed by atoms with van der Waals surface area (Å²) in [5, 5.41) is 10.6. The Kier molecular flexibility index (Phi) is 6.04. The number of hydrogen-bond acceptors (Lipinski definition) is 1. The Labute approximate surface area is 92.2 Å². The minimum atomic E-state index is -0.198. The zero-order chi connectivity index (χ0) is 9.78. The fraction of sp³-hybridized carbons (Fsp3) is 1.00. The highest BCUT2D eigenvalue weighted by atomic mass is 79.9. The number of halogens is 2. The zero-order valence-electron chi connectivity index (χ0n) is 7.98. The van der Waals surface area contributed by atoms with Gasteiger partial charge in [0.05, 0.1) is 6.10 Å². The number of aliphatic hydroxyl groups is 1. The van der Waals surface area contributed by atoms with Crippen LogP contribution in [0.15, 0.2) is 0 Å². The van der Waals surface area contributed by atoms with E-state index >= 15 is 0 Å². The molecule has 0 fully saturated rings. The van der Waals surface area contributed by atoms with E-state index in [1.165, 1.54) is 0 Å². The molecule has 0 heterocycles. The molecule has 74 valence electrons. The lowest BCUT2D eigenvalue weighted by atomic mass is 9.86. The lowest BCUT2D eigenvalue weighted by molar-refractivity contribution is 0.0543. The van der Waals surface area contributed by atoms with E-state index in [1.54, 1.807) is 0 Å². The second-order valence-electron chi connectivity index (χ2n) is 4.21. The minimum Gasteiger partial charge on any atom is -0.393 e. The molecule has 0 bridgehead atoms. The van der Waals surface area contributed by atoms with Gasteiger partial charge in [0, 0.05) is 10.2 Å². The molecule has 0 aliphatic rings. The third-order valence-electron chi connectivity index (χ3n) is 1.92. The molecule has 0 radical (unpaired) electrons. The molecular weight excluding hydrogens is 284 g/mol. The van der Waals surface area contributed by atoms with Gasteiger partial charge in [-0.15, -0.1) is 0 Å². The van der Waals surface area contributed by atoms with Gasteiger partial charge >= 0.3 is 0 Å². The molecule has 0 aromatic carbocycles. The monoisotopic (exact) mass is 300 g/mol. The molecular formula is C9H18Br2O. The van der Waals surface area contributed by atoms with Crippen LogP contribution >= 0.6 is 31.9 Å². The van der Waals surface area contributed by atoms with Crippen LogP contribution in [0.3, 0.4) is 0 Å². The highest BCUT2D eigenvalue weighted by molar-refractivity contribution is 9.12. The van der Waals surface area contributed by atoms with E-state index in [-0.39, 0.29) is 11.5 Å². The van der Waals surface area contributed by atoms with Crippen molar-refractivity contribution in [2.24, 2.45) is 5.41 Å².